The normalized spacial score (nSPS) is 11.5. The minimum Gasteiger partial charge on any atom is -0.438 e. The molecule has 0 fully saturated rings. The van der Waals surface area contributed by atoms with Crippen molar-refractivity contribution in [2.75, 3.05) is 4.72 Å². The predicted molar refractivity (Wildman–Crippen MR) is 78.6 cm³/mol. The Hall–Kier alpha value is -2.61. The first-order chi connectivity index (χ1) is 10.6. The molecule has 0 unspecified atom stereocenters. The Labute approximate surface area is 127 Å². The molecule has 1 aromatic carbocycles. The number of aromatic nitrogens is 2. The van der Waals surface area contributed by atoms with Crippen molar-refractivity contribution in [3.63, 3.8) is 0 Å². The summed E-state index contributed by atoms with van der Waals surface area (Å²) in [7, 11) is -3.81. The molecule has 0 atom stereocenters. The highest BCUT2D eigenvalue weighted by atomic mass is 32.2. The van der Waals surface area contributed by atoms with Gasteiger partial charge in [-0.05, 0) is 24.3 Å². The van der Waals surface area contributed by atoms with Crippen LogP contribution >= 0.6 is 0 Å². The Morgan fingerprint density at radius 3 is 2.50 bits per heavy atom. The number of rotatable bonds is 5. The van der Waals surface area contributed by atoms with E-state index in [9.17, 15) is 8.42 Å². The van der Waals surface area contributed by atoms with Gasteiger partial charge in [0.1, 0.15) is 0 Å². The molecule has 0 bridgehead atoms. The van der Waals surface area contributed by atoms with Gasteiger partial charge >= 0.3 is 0 Å². The zero-order valence-electron chi connectivity index (χ0n) is 11.7. The van der Waals surface area contributed by atoms with Gasteiger partial charge in [0.05, 0.1) is 0 Å². The van der Waals surface area contributed by atoms with Crippen molar-refractivity contribution in [3.8, 4) is 11.7 Å². The second-order valence-corrected chi connectivity index (χ2v) is 6.06. The fourth-order valence-corrected chi connectivity index (χ4v) is 2.78. The summed E-state index contributed by atoms with van der Waals surface area (Å²) in [6.07, 6.45) is 0.592. The van der Waals surface area contributed by atoms with Crippen molar-refractivity contribution < 1.29 is 17.3 Å². The van der Waals surface area contributed by atoms with Crippen LogP contribution in [0.4, 0.5) is 5.69 Å². The molecule has 22 heavy (non-hydrogen) atoms. The third kappa shape index (κ3) is 2.86. The maximum absolute atomic E-state index is 12.2. The molecule has 0 amide bonds. The molecule has 2 aromatic heterocycles. The van der Waals surface area contributed by atoms with Gasteiger partial charge in [-0.15, -0.1) is 10.2 Å². The van der Waals surface area contributed by atoms with Crippen molar-refractivity contribution in [1.82, 2.24) is 10.2 Å². The van der Waals surface area contributed by atoms with Crippen LogP contribution in [0.1, 0.15) is 12.8 Å². The summed E-state index contributed by atoms with van der Waals surface area (Å²) >= 11 is 0. The number of benzene rings is 1. The molecular formula is C14H13N3O4S. The highest BCUT2D eigenvalue weighted by Crippen LogP contribution is 2.25. The smallest absolute Gasteiger partial charge is 0.295 e. The molecule has 8 heteroatoms. The van der Waals surface area contributed by atoms with Crippen molar-refractivity contribution in [1.29, 1.82) is 0 Å². The number of hydrogen-bond donors (Lipinski definition) is 1. The maximum atomic E-state index is 12.2. The molecule has 2 heterocycles. The summed E-state index contributed by atoms with van der Waals surface area (Å²) in [5, 5.41) is 7.40. The van der Waals surface area contributed by atoms with Crippen LogP contribution in [0.15, 0.2) is 56.4 Å². The van der Waals surface area contributed by atoms with Gasteiger partial charge < -0.3 is 8.83 Å². The molecule has 3 aromatic rings. The first-order valence-electron chi connectivity index (χ1n) is 6.59. The highest BCUT2D eigenvalue weighted by molar-refractivity contribution is 7.92. The lowest BCUT2D eigenvalue weighted by atomic mass is 10.3. The van der Waals surface area contributed by atoms with Gasteiger partial charge in [0.2, 0.25) is 11.0 Å². The van der Waals surface area contributed by atoms with Crippen LogP contribution in [0.25, 0.3) is 11.7 Å². The SMILES string of the molecule is CCc1nnc(-c2ccc(S(=O)(=O)Nc3ccccc3)o2)o1. The van der Waals surface area contributed by atoms with Crippen LogP contribution in [-0.2, 0) is 16.4 Å². The fraction of sp³-hybridized carbons (Fsp3) is 0.143. The molecule has 0 saturated carbocycles. The average molecular weight is 319 g/mol. The summed E-state index contributed by atoms with van der Waals surface area (Å²) in [5.74, 6) is 0.817. The van der Waals surface area contributed by atoms with Gasteiger partial charge in [0.15, 0.2) is 5.76 Å². The molecular weight excluding hydrogens is 306 g/mol. The van der Waals surface area contributed by atoms with Gasteiger partial charge in [-0.1, -0.05) is 25.1 Å². The van der Waals surface area contributed by atoms with Gasteiger partial charge in [-0.3, -0.25) is 4.72 Å². The Morgan fingerprint density at radius 1 is 1.05 bits per heavy atom. The van der Waals surface area contributed by atoms with E-state index >= 15 is 0 Å². The summed E-state index contributed by atoms with van der Waals surface area (Å²) in [5.41, 5.74) is 0.450. The molecule has 1 N–H and O–H groups in total. The molecule has 0 radical (unpaired) electrons. The van der Waals surface area contributed by atoms with E-state index in [4.69, 9.17) is 8.83 Å². The van der Waals surface area contributed by atoms with Gasteiger partial charge in [0.25, 0.3) is 15.9 Å². The van der Waals surface area contributed by atoms with Crippen LogP contribution in [0.3, 0.4) is 0 Å². The van der Waals surface area contributed by atoms with Gasteiger partial charge in [-0.2, -0.15) is 8.42 Å². The topological polar surface area (TPSA) is 98.2 Å². The minimum absolute atomic E-state index is 0.151. The number of hydrogen-bond acceptors (Lipinski definition) is 6. The molecule has 3 rings (SSSR count). The van der Waals surface area contributed by atoms with Crippen LogP contribution in [0, 0.1) is 0 Å². The second kappa shape index (κ2) is 5.64. The lowest BCUT2D eigenvalue weighted by Gasteiger charge is -2.04. The number of anilines is 1. The van der Waals surface area contributed by atoms with E-state index in [-0.39, 0.29) is 16.7 Å². The third-order valence-corrected chi connectivity index (χ3v) is 4.11. The first-order valence-corrected chi connectivity index (χ1v) is 8.07. The van der Waals surface area contributed by atoms with E-state index in [0.29, 0.717) is 18.0 Å². The maximum Gasteiger partial charge on any atom is 0.295 e. The molecule has 0 aliphatic carbocycles. The van der Waals surface area contributed by atoms with Crippen LogP contribution in [0.2, 0.25) is 0 Å². The van der Waals surface area contributed by atoms with Gasteiger partial charge in [-0.25, -0.2) is 0 Å². The second-order valence-electron chi connectivity index (χ2n) is 4.44. The molecule has 0 aliphatic heterocycles. The van der Waals surface area contributed by atoms with E-state index < -0.39 is 10.0 Å². The van der Waals surface area contributed by atoms with E-state index in [0.717, 1.165) is 0 Å². The Balaban J connectivity index is 1.86. The highest BCUT2D eigenvalue weighted by Gasteiger charge is 2.21. The quantitative estimate of drug-likeness (QED) is 0.776. The minimum atomic E-state index is -3.81. The molecule has 0 spiro atoms. The number of furan rings is 1. The number of para-hydroxylation sites is 1. The average Bonchev–Trinajstić information content (AvgIpc) is 3.17. The lowest BCUT2D eigenvalue weighted by Crippen LogP contribution is -2.11. The summed E-state index contributed by atoms with van der Waals surface area (Å²) < 4.78 is 37.5. The number of aryl methyl sites for hydroxylation is 1. The standard InChI is InChI=1S/C14H13N3O4S/c1-2-12-15-16-14(21-12)11-8-9-13(20-11)22(18,19)17-10-6-4-3-5-7-10/h3-9,17H,2H2,1H3. The van der Waals surface area contributed by atoms with Crippen LogP contribution < -0.4 is 4.72 Å². The Bertz CT molecular complexity index is 868. The lowest BCUT2D eigenvalue weighted by molar-refractivity contribution is 0.436. The zero-order chi connectivity index (χ0) is 15.6. The Kier molecular flexibility index (Phi) is 3.68. The Morgan fingerprint density at radius 2 is 1.82 bits per heavy atom. The largest absolute Gasteiger partial charge is 0.438 e. The summed E-state index contributed by atoms with van der Waals surface area (Å²) in [6.45, 7) is 1.87. The zero-order valence-corrected chi connectivity index (χ0v) is 12.5. The van der Waals surface area contributed by atoms with E-state index in [1.807, 2.05) is 6.92 Å². The number of sulfonamides is 1. The van der Waals surface area contributed by atoms with Crippen LogP contribution in [0.5, 0.6) is 0 Å². The van der Waals surface area contributed by atoms with Crippen molar-refractivity contribution >= 4 is 15.7 Å². The first kappa shape index (κ1) is 14.3. The monoisotopic (exact) mass is 319 g/mol. The van der Waals surface area contributed by atoms with E-state index in [1.165, 1.54) is 12.1 Å². The third-order valence-electron chi connectivity index (χ3n) is 2.85. The fourth-order valence-electron chi connectivity index (χ4n) is 1.79. The number of nitrogens with one attached hydrogen (secondary N) is 1. The predicted octanol–water partition coefficient (Wildman–Crippen LogP) is 2.69. The van der Waals surface area contributed by atoms with Crippen molar-refractivity contribution in [3.05, 3.63) is 48.4 Å². The number of nitrogens with zero attached hydrogens (tertiary/aromatic N) is 2. The van der Waals surface area contributed by atoms with Crippen molar-refractivity contribution in [2.24, 2.45) is 0 Å². The molecule has 0 aliphatic rings. The van der Waals surface area contributed by atoms with Gasteiger partial charge in [0, 0.05) is 12.1 Å². The summed E-state index contributed by atoms with van der Waals surface area (Å²) in [4.78, 5) is 0. The summed E-state index contributed by atoms with van der Waals surface area (Å²) in [6, 6.07) is 11.4. The van der Waals surface area contributed by atoms with E-state index in [1.54, 1.807) is 30.3 Å². The van der Waals surface area contributed by atoms with E-state index in [2.05, 4.69) is 14.9 Å². The molecule has 0 saturated heterocycles. The van der Waals surface area contributed by atoms with Crippen molar-refractivity contribution in [2.45, 2.75) is 18.4 Å². The molecule has 114 valence electrons. The molecule has 7 nitrogen and oxygen atoms in total. The van der Waals surface area contributed by atoms with Crippen LogP contribution in [-0.4, -0.2) is 18.6 Å².